The first-order valence-corrected chi connectivity index (χ1v) is 9.56. The lowest BCUT2D eigenvalue weighted by atomic mass is 10.2. The summed E-state index contributed by atoms with van der Waals surface area (Å²) in [5.41, 5.74) is 0. The van der Waals surface area contributed by atoms with Gasteiger partial charge >= 0.3 is 5.97 Å². The van der Waals surface area contributed by atoms with Gasteiger partial charge in [-0.2, -0.15) is 11.8 Å². The topological polar surface area (TPSA) is 57.6 Å². The van der Waals surface area contributed by atoms with Crippen molar-refractivity contribution in [1.29, 1.82) is 0 Å². The highest BCUT2D eigenvalue weighted by Crippen LogP contribution is 2.35. The predicted octanol–water partition coefficient (Wildman–Crippen LogP) is 3.16. The summed E-state index contributed by atoms with van der Waals surface area (Å²) >= 11 is 9.43. The van der Waals surface area contributed by atoms with Crippen LogP contribution in [0.1, 0.15) is 11.3 Å². The molecule has 1 aromatic rings. The third-order valence-corrected chi connectivity index (χ3v) is 5.63. The molecule has 1 unspecified atom stereocenters. The number of thioether (sulfide) groups is 2. The zero-order valence-corrected chi connectivity index (χ0v) is 14.4. The number of hydrogen-bond acceptors (Lipinski definition) is 6. The fourth-order valence-corrected chi connectivity index (χ4v) is 4.38. The van der Waals surface area contributed by atoms with Crippen molar-refractivity contribution in [3.05, 3.63) is 27.3 Å². The van der Waals surface area contributed by atoms with Crippen molar-refractivity contribution in [2.75, 3.05) is 12.0 Å². The second-order valence-corrected chi connectivity index (χ2v) is 7.84. The van der Waals surface area contributed by atoms with E-state index in [1.165, 1.54) is 16.2 Å². The van der Waals surface area contributed by atoms with E-state index in [2.05, 4.69) is 0 Å². The van der Waals surface area contributed by atoms with Crippen LogP contribution in [0, 0.1) is 0 Å². The van der Waals surface area contributed by atoms with Crippen molar-refractivity contribution in [1.82, 2.24) is 4.90 Å². The highest BCUT2D eigenvalue weighted by Gasteiger charge is 2.40. The van der Waals surface area contributed by atoms with E-state index >= 15 is 0 Å². The Bertz CT molecular complexity index is 582. The minimum absolute atomic E-state index is 0.313. The molecular weight excluding hydrogens is 346 g/mol. The van der Waals surface area contributed by atoms with E-state index in [0.29, 0.717) is 21.4 Å². The number of nitrogens with zero attached hydrogens (tertiary/aromatic N) is 1. The smallest absolute Gasteiger partial charge is 0.326 e. The molecule has 1 saturated heterocycles. The van der Waals surface area contributed by atoms with Crippen molar-refractivity contribution in [3.63, 3.8) is 0 Å². The Morgan fingerprint density at radius 1 is 1.62 bits per heavy atom. The third-order valence-electron chi connectivity index (χ3n) is 2.83. The Hall–Kier alpha value is -0.830. The molecule has 0 radical (unpaired) electrons. The summed E-state index contributed by atoms with van der Waals surface area (Å²) in [6.07, 6.45) is 4.05. The lowest BCUT2D eigenvalue weighted by Gasteiger charge is -2.22. The molecule has 8 heteroatoms. The number of thiocarbonyl (C=S) groups is 1. The Balaban J connectivity index is 2.22. The summed E-state index contributed by atoms with van der Waals surface area (Å²) in [5, 5.41) is 11.3. The van der Waals surface area contributed by atoms with Gasteiger partial charge in [0.2, 0.25) is 0 Å². The SMILES string of the molecule is CSCCC(C(=O)O)N1C(=O)C(=Cc2cccs2)SC1=S. The molecule has 0 aromatic carbocycles. The third kappa shape index (κ3) is 3.88. The maximum Gasteiger partial charge on any atom is 0.326 e. The number of amides is 1. The summed E-state index contributed by atoms with van der Waals surface area (Å²) in [4.78, 5) is 26.5. The van der Waals surface area contributed by atoms with E-state index in [1.54, 1.807) is 17.8 Å². The largest absolute Gasteiger partial charge is 0.480 e. The maximum atomic E-state index is 12.4. The summed E-state index contributed by atoms with van der Waals surface area (Å²) in [5.74, 6) is -0.664. The van der Waals surface area contributed by atoms with Gasteiger partial charge < -0.3 is 5.11 Å². The summed E-state index contributed by atoms with van der Waals surface area (Å²) in [7, 11) is 0. The number of carboxylic acid groups (broad SMARTS) is 1. The molecule has 2 rings (SSSR count). The molecule has 1 aromatic heterocycles. The Morgan fingerprint density at radius 3 is 2.95 bits per heavy atom. The molecule has 0 bridgehead atoms. The van der Waals surface area contributed by atoms with Crippen LogP contribution in [0.5, 0.6) is 0 Å². The Morgan fingerprint density at radius 2 is 2.38 bits per heavy atom. The number of carboxylic acids is 1. The molecule has 1 fully saturated rings. The number of carbonyl (C=O) groups is 2. The minimum Gasteiger partial charge on any atom is -0.480 e. The average molecular weight is 360 g/mol. The Labute approximate surface area is 140 Å². The zero-order valence-electron chi connectivity index (χ0n) is 11.1. The quantitative estimate of drug-likeness (QED) is 0.622. The first-order valence-electron chi connectivity index (χ1n) is 6.07. The molecule has 1 aliphatic rings. The van der Waals surface area contributed by atoms with Crippen LogP contribution in [0.15, 0.2) is 22.4 Å². The van der Waals surface area contributed by atoms with Gasteiger partial charge in [-0.3, -0.25) is 9.69 Å². The van der Waals surface area contributed by atoms with Crippen LogP contribution in [-0.4, -0.2) is 44.3 Å². The summed E-state index contributed by atoms with van der Waals surface area (Å²) in [6, 6.07) is 2.91. The van der Waals surface area contributed by atoms with E-state index in [9.17, 15) is 14.7 Å². The van der Waals surface area contributed by atoms with Crippen LogP contribution in [0.2, 0.25) is 0 Å². The standard InChI is InChI=1S/C13H13NO3S4/c1-19-6-4-9(12(16)17)14-11(15)10(21-13(14)18)7-8-3-2-5-20-8/h2-3,5,7,9H,4,6H2,1H3,(H,16,17). The number of thiophene rings is 1. The second kappa shape index (κ2) is 7.44. The number of hydrogen-bond donors (Lipinski definition) is 1. The van der Waals surface area contributed by atoms with Gasteiger partial charge in [-0.25, -0.2) is 4.79 Å². The first-order chi connectivity index (χ1) is 10.0. The van der Waals surface area contributed by atoms with Gasteiger partial charge in [-0.05, 0) is 36.0 Å². The van der Waals surface area contributed by atoms with Gasteiger partial charge in [0.15, 0.2) is 0 Å². The number of carbonyl (C=O) groups excluding carboxylic acids is 1. The van der Waals surface area contributed by atoms with Crippen molar-refractivity contribution >= 4 is 69.4 Å². The molecule has 0 saturated carbocycles. The fraction of sp³-hybridized carbons (Fsp3) is 0.308. The van der Waals surface area contributed by atoms with Crippen LogP contribution in [0.4, 0.5) is 0 Å². The molecule has 4 nitrogen and oxygen atoms in total. The van der Waals surface area contributed by atoms with Crippen molar-refractivity contribution in [2.45, 2.75) is 12.5 Å². The van der Waals surface area contributed by atoms with Crippen LogP contribution in [-0.2, 0) is 9.59 Å². The lowest BCUT2D eigenvalue weighted by Crippen LogP contribution is -2.44. The van der Waals surface area contributed by atoms with Crippen LogP contribution >= 0.6 is 47.1 Å². The van der Waals surface area contributed by atoms with Crippen LogP contribution < -0.4 is 0 Å². The monoisotopic (exact) mass is 359 g/mol. The van der Waals surface area contributed by atoms with Gasteiger partial charge in [0.1, 0.15) is 10.4 Å². The molecule has 1 atom stereocenters. The molecule has 1 amide bonds. The van der Waals surface area contributed by atoms with Crippen LogP contribution in [0.3, 0.4) is 0 Å². The molecule has 0 spiro atoms. The second-order valence-electron chi connectivity index (χ2n) is 4.20. The molecule has 1 N–H and O–H groups in total. The van der Waals surface area contributed by atoms with Gasteiger partial charge in [0, 0.05) is 4.88 Å². The molecule has 0 aliphatic carbocycles. The fourth-order valence-electron chi connectivity index (χ4n) is 1.84. The Kier molecular flexibility index (Phi) is 5.86. The molecule has 1 aliphatic heterocycles. The van der Waals surface area contributed by atoms with Crippen molar-refractivity contribution in [2.24, 2.45) is 0 Å². The normalized spacial score (nSPS) is 18.5. The van der Waals surface area contributed by atoms with E-state index in [0.717, 1.165) is 16.6 Å². The molecule has 2 heterocycles. The summed E-state index contributed by atoms with van der Waals surface area (Å²) in [6.45, 7) is 0. The van der Waals surface area contributed by atoms with Gasteiger partial charge in [-0.1, -0.05) is 30.0 Å². The van der Waals surface area contributed by atoms with Crippen molar-refractivity contribution < 1.29 is 14.7 Å². The van der Waals surface area contributed by atoms with Gasteiger partial charge in [-0.15, -0.1) is 11.3 Å². The lowest BCUT2D eigenvalue weighted by molar-refractivity contribution is -0.145. The number of aliphatic carboxylic acids is 1. The van der Waals surface area contributed by atoms with E-state index < -0.39 is 12.0 Å². The highest BCUT2D eigenvalue weighted by molar-refractivity contribution is 8.26. The molecule has 112 valence electrons. The van der Waals surface area contributed by atoms with Crippen molar-refractivity contribution in [3.8, 4) is 0 Å². The van der Waals surface area contributed by atoms with Gasteiger partial charge in [0.05, 0.1) is 4.91 Å². The predicted molar refractivity (Wildman–Crippen MR) is 93.8 cm³/mol. The van der Waals surface area contributed by atoms with Gasteiger partial charge in [0.25, 0.3) is 5.91 Å². The van der Waals surface area contributed by atoms with Crippen LogP contribution in [0.25, 0.3) is 6.08 Å². The minimum atomic E-state index is -1.02. The number of rotatable bonds is 6. The summed E-state index contributed by atoms with van der Waals surface area (Å²) < 4.78 is 0.316. The average Bonchev–Trinajstić information content (AvgIpc) is 3.02. The van der Waals surface area contributed by atoms with E-state index in [-0.39, 0.29) is 5.91 Å². The first kappa shape index (κ1) is 16.5. The van der Waals surface area contributed by atoms with E-state index in [1.807, 2.05) is 23.8 Å². The molecule has 21 heavy (non-hydrogen) atoms. The maximum absolute atomic E-state index is 12.4. The highest BCUT2D eigenvalue weighted by atomic mass is 32.2. The zero-order chi connectivity index (χ0) is 15.4. The van der Waals surface area contributed by atoms with E-state index in [4.69, 9.17) is 12.2 Å². The molecular formula is C13H13NO3S4.